The summed E-state index contributed by atoms with van der Waals surface area (Å²) in [6.07, 6.45) is -0.194. The van der Waals surface area contributed by atoms with Crippen LogP contribution in [0.4, 0.5) is 15.8 Å². The molecule has 0 atom stereocenters. The Kier molecular flexibility index (Phi) is 7.33. The third kappa shape index (κ3) is 5.36. The highest BCUT2D eigenvalue weighted by molar-refractivity contribution is 6.34. The number of nitrogens with one attached hydrogen (secondary N) is 3. The highest BCUT2D eigenvalue weighted by Crippen LogP contribution is 2.37. The van der Waals surface area contributed by atoms with Gasteiger partial charge in [-0.1, -0.05) is 48.0 Å². The zero-order chi connectivity index (χ0) is 23.3. The first-order valence-corrected chi connectivity index (χ1v) is 10.5. The standard InChI is InChI=1S/C24H25ClFN5O/c1-2-30-20-12-19(25)22(16-4-3-5-17(27)10-16)18(23(20)26)11-21(32)31-13-14-6-8-15(9-7-14)24(28)29/h3-10,12,30H,2,11,13,27H2,1H3,(H3,28,29)(H,31,32). The minimum atomic E-state index is -0.519. The van der Waals surface area contributed by atoms with Gasteiger partial charge in [0.2, 0.25) is 5.91 Å². The summed E-state index contributed by atoms with van der Waals surface area (Å²) in [6.45, 7) is 2.61. The third-order valence-electron chi connectivity index (χ3n) is 4.95. The van der Waals surface area contributed by atoms with E-state index >= 15 is 4.39 Å². The monoisotopic (exact) mass is 453 g/mol. The molecule has 1 amide bonds. The van der Waals surface area contributed by atoms with Gasteiger partial charge in [-0.2, -0.15) is 0 Å². The van der Waals surface area contributed by atoms with Crippen molar-refractivity contribution in [2.75, 3.05) is 17.6 Å². The van der Waals surface area contributed by atoms with Crippen LogP contribution < -0.4 is 22.1 Å². The molecule has 0 fully saturated rings. The second kappa shape index (κ2) is 10.2. The number of nitrogens with two attached hydrogens (primary N) is 2. The van der Waals surface area contributed by atoms with Crippen LogP contribution >= 0.6 is 11.6 Å². The van der Waals surface area contributed by atoms with E-state index in [1.54, 1.807) is 48.5 Å². The predicted octanol–water partition coefficient (Wildman–Crippen LogP) is 4.30. The van der Waals surface area contributed by atoms with Gasteiger partial charge >= 0.3 is 0 Å². The van der Waals surface area contributed by atoms with Crippen molar-refractivity contribution in [3.05, 3.63) is 82.1 Å². The van der Waals surface area contributed by atoms with Crippen molar-refractivity contribution in [2.45, 2.75) is 19.9 Å². The molecule has 0 heterocycles. The first-order chi connectivity index (χ1) is 15.3. The number of carbonyl (C=O) groups is 1. The second-order valence-electron chi connectivity index (χ2n) is 7.29. The lowest BCUT2D eigenvalue weighted by molar-refractivity contribution is -0.120. The van der Waals surface area contributed by atoms with E-state index in [1.807, 2.05) is 6.92 Å². The predicted molar refractivity (Wildman–Crippen MR) is 128 cm³/mol. The molecule has 0 aliphatic heterocycles. The number of nitrogen functional groups attached to an aromatic ring is 2. The Hall–Kier alpha value is -3.58. The normalized spacial score (nSPS) is 10.6. The highest BCUT2D eigenvalue weighted by atomic mass is 35.5. The van der Waals surface area contributed by atoms with Gasteiger partial charge in [-0.15, -0.1) is 0 Å². The molecule has 6 nitrogen and oxygen atoms in total. The summed E-state index contributed by atoms with van der Waals surface area (Å²) in [5, 5.41) is 13.5. The van der Waals surface area contributed by atoms with E-state index < -0.39 is 5.82 Å². The minimum absolute atomic E-state index is 0.0254. The first kappa shape index (κ1) is 23.1. The highest BCUT2D eigenvalue weighted by Gasteiger charge is 2.21. The molecule has 0 aromatic heterocycles. The van der Waals surface area contributed by atoms with Gasteiger partial charge in [0.15, 0.2) is 5.82 Å². The van der Waals surface area contributed by atoms with Crippen LogP contribution in [0, 0.1) is 11.2 Å². The summed E-state index contributed by atoms with van der Waals surface area (Å²) in [6, 6.07) is 15.5. The van der Waals surface area contributed by atoms with Gasteiger partial charge in [0, 0.05) is 35.5 Å². The van der Waals surface area contributed by atoms with Crippen LogP contribution in [0.3, 0.4) is 0 Å². The molecule has 0 bridgehead atoms. The quantitative estimate of drug-likeness (QED) is 0.198. The molecule has 0 radical (unpaired) electrons. The van der Waals surface area contributed by atoms with E-state index in [-0.39, 0.29) is 36.0 Å². The number of amides is 1. The Labute approximate surface area is 191 Å². The zero-order valence-electron chi connectivity index (χ0n) is 17.6. The zero-order valence-corrected chi connectivity index (χ0v) is 18.4. The lowest BCUT2D eigenvalue weighted by Gasteiger charge is -2.17. The van der Waals surface area contributed by atoms with E-state index in [0.29, 0.717) is 33.9 Å². The largest absolute Gasteiger partial charge is 0.399 e. The SMILES string of the molecule is CCNc1cc(Cl)c(-c2cccc(N)c2)c(CC(=O)NCc2ccc(C(=N)N)cc2)c1F. The van der Waals surface area contributed by atoms with Crippen LogP contribution in [0.15, 0.2) is 54.6 Å². The molecule has 0 aliphatic rings. The first-order valence-electron chi connectivity index (χ1n) is 10.1. The molecule has 7 N–H and O–H groups in total. The van der Waals surface area contributed by atoms with Crippen molar-refractivity contribution in [3.8, 4) is 11.1 Å². The van der Waals surface area contributed by atoms with E-state index in [4.69, 9.17) is 28.5 Å². The summed E-state index contributed by atoms with van der Waals surface area (Å²) >= 11 is 6.52. The molecule has 8 heteroatoms. The van der Waals surface area contributed by atoms with Crippen molar-refractivity contribution in [2.24, 2.45) is 5.73 Å². The minimum Gasteiger partial charge on any atom is -0.399 e. The number of benzene rings is 3. The second-order valence-corrected chi connectivity index (χ2v) is 7.70. The Morgan fingerprint density at radius 3 is 2.50 bits per heavy atom. The van der Waals surface area contributed by atoms with Gasteiger partial charge in [-0.3, -0.25) is 10.2 Å². The summed E-state index contributed by atoms with van der Waals surface area (Å²) in [5.74, 6) is -0.897. The molecular formula is C24H25ClFN5O. The number of hydrogen-bond donors (Lipinski definition) is 5. The molecule has 3 aromatic rings. The number of carbonyl (C=O) groups excluding carboxylic acids is 1. The van der Waals surface area contributed by atoms with Gasteiger partial charge < -0.3 is 22.1 Å². The topological polar surface area (TPSA) is 117 Å². The van der Waals surface area contributed by atoms with Gasteiger partial charge in [0.25, 0.3) is 0 Å². The fourth-order valence-electron chi connectivity index (χ4n) is 3.40. The molecule has 0 unspecified atom stereocenters. The molecule has 3 aromatic carbocycles. The van der Waals surface area contributed by atoms with Gasteiger partial charge in [0.1, 0.15) is 5.84 Å². The summed E-state index contributed by atoms with van der Waals surface area (Å²) in [4.78, 5) is 12.7. The van der Waals surface area contributed by atoms with E-state index in [1.165, 1.54) is 6.07 Å². The molecule has 0 aliphatic carbocycles. The van der Waals surface area contributed by atoms with Crippen LogP contribution in [0.5, 0.6) is 0 Å². The van der Waals surface area contributed by atoms with Gasteiger partial charge in [-0.05, 0) is 36.2 Å². The molecular weight excluding hydrogens is 429 g/mol. The Bertz CT molecular complexity index is 1150. The maximum Gasteiger partial charge on any atom is 0.224 e. The molecule has 32 heavy (non-hydrogen) atoms. The summed E-state index contributed by atoms with van der Waals surface area (Å²) in [5.41, 5.74) is 14.8. The molecule has 3 rings (SSSR count). The smallest absolute Gasteiger partial charge is 0.224 e. The summed E-state index contributed by atoms with van der Waals surface area (Å²) in [7, 11) is 0. The van der Waals surface area contributed by atoms with Crippen LogP contribution in [-0.4, -0.2) is 18.3 Å². The average Bonchev–Trinajstić information content (AvgIpc) is 2.76. The van der Waals surface area contributed by atoms with E-state index in [9.17, 15) is 4.79 Å². The molecule has 0 saturated carbocycles. The Morgan fingerprint density at radius 1 is 1.16 bits per heavy atom. The van der Waals surface area contributed by atoms with E-state index in [0.717, 1.165) is 5.56 Å². The number of halogens is 2. The van der Waals surface area contributed by atoms with Crippen molar-refractivity contribution in [1.29, 1.82) is 5.41 Å². The molecule has 0 spiro atoms. The molecule has 0 saturated heterocycles. The van der Waals surface area contributed by atoms with E-state index in [2.05, 4.69) is 10.6 Å². The van der Waals surface area contributed by atoms with Crippen molar-refractivity contribution < 1.29 is 9.18 Å². The van der Waals surface area contributed by atoms with Crippen molar-refractivity contribution in [1.82, 2.24) is 5.32 Å². The Morgan fingerprint density at radius 2 is 1.88 bits per heavy atom. The maximum atomic E-state index is 15.4. The number of anilines is 2. The van der Waals surface area contributed by atoms with Crippen molar-refractivity contribution in [3.63, 3.8) is 0 Å². The third-order valence-corrected chi connectivity index (χ3v) is 5.25. The Balaban J connectivity index is 1.87. The van der Waals surface area contributed by atoms with Gasteiger partial charge in [0.05, 0.1) is 17.1 Å². The van der Waals surface area contributed by atoms with Crippen LogP contribution in [-0.2, 0) is 17.8 Å². The fraction of sp³-hybridized carbons (Fsp3) is 0.167. The van der Waals surface area contributed by atoms with Crippen LogP contribution in [0.2, 0.25) is 5.02 Å². The lowest BCUT2D eigenvalue weighted by Crippen LogP contribution is -2.25. The number of amidine groups is 1. The summed E-state index contributed by atoms with van der Waals surface area (Å²) < 4.78 is 15.4. The van der Waals surface area contributed by atoms with Crippen LogP contribution in [0.1, 0.15) is 23.6 Å². The number of rotatable bonds is 8. The van der Waals surface area contributed by atoms with Gasteiger partial charge in [-0.25, -0.2) is 4.39 Å². The average molecular weight is 454 g/mol. The maximum absolute atomic E-state index is 15.4. The number of hydrogen-bond acceptors (Lipinski definition) is 4. The lowest BCUT2D eigenvalue weighted by atomic mass is 9.95. The fourth-order valence-corrected chi connectivity index (χ4v) is 3.73. The van der Waals surface area contributed by atoms with Crippen molar-refractivity contribution >= 4 is 34.7 Å². The van der Waals surface area contributed by atoms with Crippen LogP contribution in [0.25, 0.3) is 11.1 Å². The molecule has 166 valence electrons.